The minimum atomic E-state index is 0.954. The number of aromatic nitrogens is 1. The van der Waals surface area contributed by atoms with Gasteiger partial charge in [0.1, 0.15) is 0 Å². The first-order valence-electron chi connectivity index (χ1n) is 4.82. The van der Waals surface area contributed by atoms with E-state index in [4.69, 9.17) is 0 Å². The van der Waals surface area contributed by atoms with Crippen molar-refractivity contribution in [3.8, 4) is 0 Å². The second kappa shape index (κ2) is 4.97. The van der Waals surface area contributed by atoms with Gasteiger partial charge in [-0.15, -0.1) is 0 Å². The summed E-state index contributed by atoms with van der Waals surface area (Å²) in [6.45, 7) is 6.39. The molecule has 1 heterocycles. The molecule has 0 aliphatic rings. The predicted molar refractivity (Wildman–Crippen MR) is 55.6 cm³/mol. The van der Waals surface area contributed by atoms with Crippen LogP contribution < -0.4 is 0 Å². The minimum Gasteiger partial charge on any atom is -0.301 e. The Morgan fingerprint density at radius 2 is 2.23 bits per heavy atom. The monoisotopic (exact) mass is 178 g/mol. The van der Waals surface area contributed by atoms with Gasteiger partial charge in [-0.25, -0.2) is 0 Å². The molecule has 0 saturated heterocycles. The topological polar surface area (TPSA) is 16.1 Å². The molecule has 0 aliphatic heterocycles. The Hall–Kier alpha value is -0.890. The van der Waals surface area contributed by atoms with Crippen molar-refractivity contribution in [3.63, 3.8) is 0 Å². The van der Waals surface area contributed by atoms with Crippen LogP contribution in [0.5, 0.6) is 0 Å². The fourth-order valence-electron chi connectivity index (χ4n) is 1.42. The average molecular weight is 178 g/mol. The van der Waals surface area contributed by atoms with Crippen molar-refractivity contribution in [2.24, 2.45) is 0 Å². The zero-order valence-corrected chi connectivity index (χ0v) is 8.75. The summed E-state index contributed by atoms with van der Waals surface area (Å²) in [5, 5.41) is 0. The van der Waals surface area contributed by atoms with E-state index in [0.717, 1.165) is 18.8 Å². The third-order valence-electron chi connectivity index (χ3n) is 2.01. The summed E-state index contributed by atoms with van der Waals surface area (Å²) in [6, 6.07) is 4.18. The molecule has 1 aromatic heterocycles. The van der Waals surface area contributed by atoms with Crippen LogP contribution in [0.2, 0.25) is 0 Å². The molecule has 0 atom stereocenters. The van der Waals surface area contributed by atoms with Gasteiger partial charge < -0.3 is 4.90 Å². The first-order valence-corrected chi connectivity index (χ1v) is 4.82. The molecule has 0 bridgehead atoms. The van der Waals surface area contributed by atoms with E-state index in [9.17, 15) is 0 Å². The molecule has 0 aliphatic carbocycles. The molecule has 2 heteroatoms. The van der Waals surface area contributed by atoms with Crippen molar-refractivity contribution in [1.82, 2.24) is 9.88 Å². The van der Waals surface area contributed by atoms with Crippen molar-refractivity contribution in [2.45, 2.75) is 26.8 Å². The van der Waals surface area contributed by atoms with E-state index in [1.165, 1.54) is 12.0 Å². The summed E-state index contributed by atoms with van der Waals surface area (Å²) in [6.07, 6.45) is 3.08. The van der Waals surface area contributed by atoms with Gasteiger partial charge in [-0.2, -0.15) is 0 Å². The van der Waals surface area contributed by atoms with Gasteiger partial charge in [-0.05, 0) is 44.6 Å². The molecule has 0 amide bonds. The predicted octanol–water partition coefficient (Wildman–Crippen LogP) is 2.23. The van der Waals surface area contributed by atoms with Crippen LogP contribution in [0.15, 0.2) is 18.3 Å². The van der Waals surface area contributed by atoms with Crippen LogP contribution in [0.4, 0.5) is 0 Å². The standard InChI is InChI=1S/C11H18N2/c1-4-7-13(3)9-11-8-10(2)5-6-12-11/h5-6,8H,4,7,9H2,1-3H3. The number of hydrogen-bond acceptors (Lipinski definition) is 2. The van der Waals surface area contributed by atoms with Crippen molar-refractivity contribution in [3.05, 3.63) is 29.6 Å². The van der Waals surface area contributed by atoms with Gasteiger partial charge in [0.2, 0.25) is 0 Å². The van der Waals surface area contributed by atoms with E-state index in [0.29, 0.717) is 0 Å². The Morgan fingerprint density at radius 3 is 2.85 bits per heavy atom. The van der Waals surface area contributed by atoms with Crippen LogP contribution in [0.3, 0.4) is 0 Å². The maximum absolute atomic E-state index is 4.32. The highest BCUT2D eigenvalue weighted by atomic mass is 15.1. The first kappa shape index (κ1) is 10.2. The van der Waals surface area contributed by atoms with Crippen LogP contribution in [0.1, 0.15) is 24.6 Å². The fraction of sp³-hybridized carbons (Fsp3) is 0.545. The van der Waals surface area contributed by atoms with Gasteiger partial charge in [0, 0.05) is 12.7 Å². The maximum Gasteiger partial charge on any atom is 0.0546 e. The van der Waals surface area contributed by atoms with Crippen LogP contribution in [0.25, 0.3) is 0 Å². The third-order valence-corrected chi connectivity index (χ3v) is 2.01. The zero-order chi connectivity index (χ0) is 9.68. The van der Waals surface area contributed by atoms with Crippen molar-refractivity contribution in [2.75, 3.05) is 13.6 Å². The molecule has 2 nitrogen and oxygen atoms in total. The Morgan fingerprint density at radius 1 is 1.46 bits per heavy atom. The molecule has 72 valence electrons. The number of nitrogens with zero attached hydrogens (tertiary/aromatic N) is 2. The van der Waals surface area contributed by atoms with Gasteiger partial charge in [0.05, 0.1) is 5.69 Å². The van der Waals surface area contributed by atoms with Crippen molar-refractivity contribution < 1.29 is 0 Å². The molecular formula is C11H18N2. The average Bonchev–Trinajstić information content (AvgIpc) is 2.04. The highest BCUT2D eigenvalue weighted by molar-refractivity contribution is 5.14. The van der Waals surface area contributed by atoms with Gasteiger partial charge in [-0.3, -0.25) is 4.98 Å². The zero-order valence-electron chi connectivity index (χ0n) is 8.75. The molecule has 13 heavy (non-hydrogen) atoms. The minimum absolute atomic E-state index is 0.954. The Balaban J connectivity index is 2.53. The van der Waals surface area contributed by atoms with Gasteiger partial charge in [0.15, 0.2) is 0 Å². The van der Waals surface area contributed by atoms with Crippen molar-refractivity contribution >= 4 is 0 Å². The molecule has 0 spiro atoms. The number of aryl methyl sites for hydroxylation is 1. The lowest BCUT2D eigenvalue weighted by molar-refractivity contribution is 0.323. The van der Waals surface area contributed by atoms with Gasteiger partial charge >= 0.3 is 0 Å². The lowest BCUT2D eigenvalue weighted by atomic mass is 10.2. The van der Waals surface area contributed by atoms with Crippen LogP contribution in [0, 0.1) is 6.92 Å². The normalized spacial score (nSPS) is 10.8. The summed E-state index contributed by atoms with van der Waals surface area (Å²) in [4.78, 5) is 6.61. The molecule has 0 N–H and O–H groups in total. The van der Waals surface area contributed by atoms with Crippen molar-refractivity contribution in [1.29, 1.82) is 0 Å². The lowest BCUT2D eigenvalue weighted by Gasteiger charge is -2.14. The number of pyridine rings is 1. The fourth-order valence-corrected chi connectivity index (χ4v) is 1.42. The van der Waals surface area contributed by atoms with Crippen LogP contribution in [-0.4, -0.2) is 23.5 Å². The highest BCUT2D eigenvalue weighted by Crippen LogP contribution is 2.02. The van der Waals surface area contributed by atoms with E-state index in [-0.39, 0.29) is 0 Å². The van der Waals surface area contributed by atoms with E-state index in [2.05, 4.69) is 36.8 Å². The van der Waals surface area contributed by atoms with E-state index >= 15 is 0 Å². The third kappa shape index (κ3) is 3.55. The number of hydrogen-bond donors (Lipinski definition) is 0. The highest BCUT2D eigenvalue weighted by Gasteiger charge is 1.99. The summed E-state index contributed by atoms with van der Waals surface area (Å²) in [7, 11) is 2.13. The summed E-state index contributed by atoms with van der Waals surface area (Å²) >= 11 is 0. The van der Waals surface area contributed by atoms with E-state index < -0.39 is 0 Å². The van der Waals surface area contributed by atoms with Gasteiger partial charge in [-0.1, -0.05) is 6.92 Å². The number of rotatable bonds is 4. The van der Waals surface area contributed by atoms with Gasteiger partial charge in [0.25, 0.3) is 0 Å². The molecule has 0 saturated carbocycles. The Labute approximate surface area is 80.6 Å². The van der Waals surface area contributed by atoms with E-state index in [1.54, 1.807) is 0 Å². The summed E-state index contributed by atoms with van der Waals surface area (Å²) in [5.41, 5.74) is 2.45. The second-order valence-electron chi connectivity index (χ2n) is 3.56. The SMILES string of the molecule is CCCN(C)Cc1cc(C)ccn1. The maximum atomic E-state index is 4.32. The quantitative estimate of drug-likeness (QED) is 0.703. The van der Waals surface area contributed by atoms with E-state index in [1.807, 2.05) is 12.3 Å². The largest absolute Gasteiger partial charge is 0.301 e. The smallest absolute Gasteiger partial charge is 0.0546 e. The molecule has 1 rings (SSSR count). The summed E-state index contributed by atoms with van der Waals surface area (Å²) < 4.78 is 0. The molecule has 0 unspecified atom stereocenters. The Kier molecular flexibility index (Phi) is 3.90. The molecule has 1 aromatic rings. The Bertz CT molecular complexity index is 258. The molecular weight excluding hydrogens is 160 g/mol. The lowest BCUT2D eigenvalue weighted by Crippen LogP contribution is -2.19. The van der Waals surface area contributed by atoms with Crippen LogP contribution >= 0.6 is 0 Å². The first-order chi connectivity index (χ1) is 6.22. The molecule has 0 fully saturated rings. The molecule has 0 aromatic carbocycles. The second-order valence-corrected chi connectivity index (χ2v) is 3.56. The molecule has 0 radical (unpaired) electrons. The summed E-state index contributed by atoms with van der Waals surface area (Å²) in [5.74, 6) is 0. The van der Waals surface area contributed by atoms with Crippen LogP contribution in [-0.2, 0) is 6.54 Å².